The second-order valence-electron chi connectivity index (χ2n) is 9.10. The van der Waals surface area contributed by atoms with E-state index in [1.807, 2.05) is 49.4 Å². The average molecular weight is 361 g/mol. The van der Waals surface area contributed by atoms with Crippen molar-refractivity contribution in [3.63, 3.8) is 0 Å². The first-order chi connectivity index (χ1) is 13.1. The third-order valence-corrected chi connectivity index (χ3v) is 7.15. The van der Waals surface area contributed by atoms with Crippen molar-refractivity contribution in [2.75, 3.05) is 5.43 Å². The number of nitrogens with zero attached hydrogens (tertiary/aromatic N) is 1. The molecule has 0 atom stereocenters. The average Bonchev–Trinajstić information content (AvgIpc) is 2.66. The van der Waals surface area contributed by atoms with Crippen molar-refractivity contribution in [1.29, 1.82) is 0 Å². The lowest BCUT2D eigenvalue weighted by atomic mass is 9.48. The molecule has 27 heavy (non-hydrogen) atoms. The molecule has 2 N–H and O–H groups in total. The standard InChI is InChI=1S/C24H28N2O/c1-16(25-26-21-5-3-2-4-6-21)20-7-8-23(27)22(12-20)24-13-17-9-18(14-24)11-19(10-17)15-24/h2-8,12,17-19,26-27H,9-11,13-15H2,1H3. The van der Waals surface area contributed by atoms with Gasteiger partial charge >= 0.3 is 0 Å². The molecule has 2 aromatic rings. The number of hydrogen-bond donors (Lipinski definition) is 2. The molecule has 0 saturated heterocycles. The van der Waals surface area contributed by atoms with E-state index in [2.05, 4.69) is 16.6 Å². The summed E-state index contributed by atoms with van der Waals surface area (Å²) in [6, 6.07) is 16.1. The molecule has 0 heterocycles. The summed E-state index contributed by atoms with van der Waals surface area (Å²) in [6.45, 7) is 2.03. The molecule has 4 saturated carbocycles. The minimum Gasteiger partial charge on any atom is -0.508 e. The first-order valence-electron chi connectivity index (χ1n) is 10.3. The number of hydrogen-bond acceptors (Lipinski definition) is 3. The summed E-state index contributed by atoms with van der Waals surface area (Å²) in [5.74, 6) is 3.08. The zero-order valence-corrected chi connectivity index (χ0v) is 16.0. The van der Waals surface area contributed by atoms with Crippen LogP contribution < -0.4 is 5.43 Å². The number of rotatable bonds is 4. The van der Waals surface area contributed by atoms with Crippen molar-refractivity contribution in [3.8, 4) is 5.75 Å². The van der Waals surface area contributed by atoms with E-state index in [-0.39, 0.29) is 5.41 Å². The summed E-state index contributed by atoms with van der Waals surface area (Å²) in [5, 5.41) is 15.3. The van der Waals surface area contributed by atoms with Crippen LogP contribution in [0.5, 0.6) is 5.75 Å². The lowest BCUT2D eigenvalue weighted by Gasteiger charge is -2.57. The van der Waals surface area contributed by atoms with Gasteiger partial charge < -0.3 is 5.11 Å². The fourth-order valence-corrected chi connectivity index (χ4v) is 6.35. The quantitative estimate of drug-likeness (QED) is 0.543. The Labute approximate surface area is 161 Å². The minimum absolute atomic E-state index is 0.196. The highest BCUT2D eigenvalue weighted by Gasteiger charge is 2.52. The summed E-state index contributed by atoms with van der Waals surface area (Å²) >= 11 is 0. The SMILES string of the molecule is CC(=NNc1ccccc1)c1ccc(O)c(C23CC4CC(CC(C4)C2)C3)c1. The van der Waals surface area contributed by atoms with Crippen LogP contribution in [0.4, 0.5) is 5.69 Å². The van der Waals surface area contributed by atoms with Crippen LogP contribution in [-0.4, -0.2) is 10.8 Å². The second kappa shape index (κ2) is 6.40. The maximum Gasteiger partial charge on any atom is 0.119 e. The third kappa shape index (κ3) is 3.03. The predicted molar refractivity (Wildman–Crippen MR) is 110 cm³/mol. The van der Waals surface area contributed by atoms with Crippen LogP contribution in [0, 0.1) is 17.8 Å². The summed E-state index contributed by atoms with van der Waals surface area (Å²) in [6.07, 6.45) is 8.03. The molecule has 4 aliphatic rings. The van der Waals surface area contributed by atoms with Crippen LogP contribution in [-0.2, 0) is 5.41 Å². The van der Waals surface area contributed by atoms with Gasteiger partial charge in [-0.1, -0.05) is 18.2 Å². The smallest absolute Gasteiger partial charge is 0.119 e. The summed E-state index contributed by atoms with van der Waals surface area (Å²) in [7, 11) is 0. The number of hydrazone groups is 1. The van der Waals surface area contributed by atoms with Crippen LogP contribution >= 0.6 is 0 Å². The van der Waals surface area contributed by atoms with Crippen molar-refractivity contribution in [2.45, 2.75) is 50.9 Å². The van der Waals surface area contributed by atoms with Crippen molar-refractivity contribution < 1.29 is 5.11 Å². The number of aromatic hydroxyl groups is 1. The van der Waals surface area contributed by atoms with E-state index in [0.29, 0.717) is 5.75 Å². The molecule has 0 unspecified atom stereocenters. The predicted octanol–water partition coefficient (Wildman–Crippen LogP) is 5.70. The Hall–Kier alpha value is -2.29. The topological polar surface area (TPSA) is 44.6 Å². The van der Waals surface area contributed by atoms with E-state index in [1.165, 1.54) is 44.1 Å². The molecule has 0 radical (unpaired) electrons. The van der Waals surface area contributed by atoms with Crippen LogP contribution in [0.15, 0.2) is 53.6 Å². The monoisotopic (exact) mass is 360 g/mol. The molecule has 0 spiro atoms. The molecular formula is C24H28N2O. The number of benzene rings is 2. The molecule has 2 aromatic carbocycles. The van der Waals surface area contributed by atoms with Gasteiger partial charge in [0.15, 0.2) is 0 Å². The van der Waals surface area contributed by atoms with Gasteiger partial charge in [-0.05, 0) is 105 Å². The van der Waals surface area contributed by atoms with Crippen LogP contribution in [0.2, 0.25) is 0 Å². The summed E-state index contributed by atoms with van der Waals surface area (Å²) < 4.78 is 0. The van der Waals surface area contributed by atoms with E-state index in [4.69, 9.17) is 0 Å². The Morgan fingerprint density at radius 1 is 0.963 bits per heavy atom. The van der Waals surface area contributed by atoms with Gasteiger partial charge in [-0.15, -0.1) is 0 Å². The fraction of sp³-hybridized carbons (Fsp3) is 0.458. The van der Waals surface area contributed by atoms with Gasteiger partial charge in [0.1, 0.15) is 5.75 Å². The lowest BCUT2D eigenvalue weighted by molar-refractivity contribution is -0.00613. The van der Waals surface area contributed by atoms with E-state index in [1.54, 1.807) is 0 Å². The Bertz CT molecular complexity index is 836. The molecular weight excluding hydrogens is 332 g/mol. The third-order valence-electron chi connectivity index (χ3n) is 7.15. The number of anilines is 1. The Morgan fingerprint density at radius 3 is 2.22 bits per heavy atom. The molecule has 0 amide bonds. The van der Waals surface area contributed by atoms with Gasteiger partial charge in [0, 0.05) is 5.56 Å². The van der Waals surface area contributed by atoms with Gasteiger partial charge in [-0.2, -0.15) is 5.10 Å². The van der Waals surface area contributed by atoms with Crippen molar-refractivity contribution in [2.24, 2.45) is 22.9 Å². The maximum atomic E-state index is 10.7. The normalized spacial score (nSPS) is 31.9. The van der Waals surface area contributed by atoms with E-state index in [9.17, 15) is 5.11 Å². The summed E-state index contributed by atoms with van der Waals surface area (Å²) in [4.78, 5) is 0. The number of phenolic OH excluding ortho intramolecular Hbond substituents is 1. The molecule has 4 aliphatic carbocycles. The van der Waals surface area contributed by atoms with Gasteiger partial charge in [0.05, 0.1) is 11.4 Å². The number of nitrogens with one attached hydrogen (secondary N) is 1. The van der Waals surface area contributed by atoms with Gasteiger partial charge in [-0.25, -0.2) is 0 Å². The van der Waals surface area contributed by atoms with Crippen LogP contribution in [0.1, 0.15) is 56.6 Å². The second-order valence-corrected chi connectivity index (χ2v) is 9.10. The Morgan fingerprint density at radius 2 is 1.59 bits per heavy atom. The van der Waals surface area contributed by atoms with Gasteiger partial charge in [-0.3, -0.25) is 5.43 Å². The summed E-state index contributed by atoms with van der Waals surface area (Å²) in [5.41, 5.74) is 7.54. The van der Waals surface area contributed by atoms with Crippen molar-refractivity contribution in [3.05, 3.63) is 59.7 Å². The lowest BCUT2D eigenvalue weighted by Crippen LogP contribution is -2.48. The molecule has 0 aromatic heterocycles. The number of para-hydroxylation sites is 1. The highest BCUT2D eigenvalue weighted by atomic mass is 16.3. The first-order valence-corrected chi connectivity index (χ1v) is 10.3. The molecule has 140 valence electrons. The Kier molecular flexibility index (Phi) is 3.99. The fourth-order valence-electron chi connectivity index (χ4n) is 6.35. The molecule has 4 fully saturated rings. The maximum absolute atomic E-state index is 10.7. The Balaban J connectivity index is 1.45. The van der Waals surface area contributed by atoms with E-state index < -0.39 is 0 Å². The highest BCUT2D eigenvalue weighted by molar-refractivity contribution is 5.99. The molecule has 0 aliphatic heterocycles. The minimum atomic E-state index is 0.196. The van der Waals surface area contributed by atoms with Crippen molar-refractivity contribution in [1.82, 2.24) is 0 Å². The molecule has 4 bridgehead atoms. The van der Waals surface area contributed by atoms with Gasteiger partial charge in [0.2, 0.25) is 0 Å². The van der Waals surface area contributed by atoms with Crippen LogP contribution in [0.3, 0.4) is 0 Å². The zero-order valence-electron chi connectivity index (χ0n) is 16.0. The van der Waals surface area contributed by atoms with Gasteiger partial charge in [0.25, 0.3) is 0 Å². The first kappa shape index (κ1) is 16.9. The highest BCUT2D eigenvalue weighted by Crippen LogP contribution is 2.61. The van der Waals surface area contributed by atoms with Crippen molar-refractivity contribution >= 4 is 11.4 Å². The molecule has 6 rings (SSSR count). The largest absolute Gasteiger partial charge is 0.508 e. The number of phenols is 1. The zero-order chi connectivity index (χ0) is 18.4. The van der Waals surface area contributed by atoms with E-state index >= 15 is 0 Å². The molecule has 3 heteroatoms. The molecule has 3 nitrogen and oxygen atoms in total. The van der Waals surface area contributed by atoms with E-state index in [0.717, 1.165) is 34.7 Å². The van der Waals surface area contributed by atoms with Crippen LogP contribution in [0.25, 0.3) is 0 Å².